The summed E-state index contributed by atoms with van der Waals surface area (Å²) < 4.78 is 1.09. The van der Waals surface area contributed by atoms with Gasteiger partial charge in [0.05, 0.1) is 16.2 Å². The summed E-state index contributed by atoms with van der Waals surface area (Å²) in [5.41, 5.74) is 6.13. The number of thiophene rings is 3. The summed E-state index contributed by atoms with van der Waals surface area (Å²) in [6, 6.07) is 37.0. The Morgan fingerprint density at radius 3 is 1.30 bits per heavy atom. The second kappa shape index (κ2) is 18.0. The van der Waals surface area contributed by atoms with E-state index in [-0.39, 0.29) is 23.8 Å². The highest BCUT2D eigenvalue weighted by Gasteiger charge is 2.35. The molecule has 17 heteroatoms. The quantitative estimate of drug-likeness (QED) is 0.0759. The lowest BCUT2D eigenvalue weighted by atomic mass is 10.1. The van der Waals surface area contributed by atoms with Gasteiger partial charge in [-0.2, -0.15) is 0 Å². The third-order valence-corrected chi connectivity index (χ3v) is 16.6. The highest BCUT2D eigenvalue weighted by atomic mass is 32.2. The SMILES string of the molecule is CN1C(=O)/C(=C/c2ccc(-c3ccc(N(c4ccc(-c5ccc(/C=C6/CC(=O)N(CC(=O)O)C6=O)s5)cc4)c4ccc(-c5ccc(/C=C6/SC(=S)N(C)C6=O)s5)cc4)cc3)s2)SC1=S. The Morgan fingerprint density at radius 2 is 0.953 bits per heavy atom. The number of likely N-dealkylation sites (N-methyl/N-ethyl adjacent to an activating group) is 2. The third kappa shape index (κ3) is 8.84. The van der Waals surface area contributed by atoms with Gasteiger partial charge >= 0.3 is 5.97 Å². The number of thioether (sulfide) groups is 2. The number of rotatable bonds is 11. The summed E-state index contributed by atoms with van der Waals surface area (Å²) >= 11 is 17.9. The van der Waals surface area contributed by atoms with Gasteiger partial charge in [-0.05, 0) is 108 Å². The Labute approximate surface area is 398 Å². The van der Waals surface area contributed by atoms with Gasteiger partial charge in [0.2, 0.25) is 5.91 Å². The molecule has 3 aliphatic rings. The predicted molar refractivity (Wildman–Crippen MR) is 270 cm³/mol. The van der Waals surface area contributed by atoms with Crippen LogP contribution in [0.1, 0.15) is 21.1 Å². The molecule has 1 N–H and O–H groups in total. The monoisotopic (exact) mass is 972 g/mol. The molecule has 4 amide bonds. The summed E-state index contributed by atoms with van der Waals surface area (Å²) in [7, 11) is 3.38. The van der Waals surface area contributed by atoms with Crippen molar-refractivity contribution >= 4 is 155 Å². The molecular weight excluding hydrogens is 941 g/mol. The van der Waals surface area contributed by atoms with Gasteiger partial charge in [-0.3, -0.25) is 38.7 Å². The Hall–Kier alpha value is -5.79. The summed E-state index contributed by atoms with van der Waals surface area (Å²) in [6.07, 6.45) is 5.32. The van der Waals surface area contributed by atoms with E-state index >= 15 is 0 Å². The minimum Gasteiger partial charge on any atom is -0.480 e. The number of carboxylic acid groups (broad SMARTS) is 1. The van der Waals surface area contributed by atoms with Crippen molar-refractivity contribution in [2.75, 3.05) is 25.5 Å². The number of likely N-dealkylation sites (tertiary alicyclic amines) is 1. The molecule has 0 bridgehead atoms. The number of amides is 4. The number of hydrogen-bond acceptors (Lipinski definition) is 13. The molecule has 6 aromatic rings. The molecule has 6 heterocycles. The van der Waals surface area contributed by atoms with Gasteiger partial charge in [-0.1, -0.05) is 84.4 Å². The van der Waals surface area contributed by atoms with Crippen molar-refractivity contribution in [2.24, 2.45) is 0 Å². The maximum Gasteiger partial charge on any atom is 0.323 e. The molecule has 3 aromatic heterocycles. The molecule has 0 atom stereocenters. The molecule has 318 valence electrons. The summed E-state index contributed by atoms with van der Waals surface area (Å²) in [6.45, 7) is -0.653. The zero-order chi connectivity index (χ0) is 44.8. The van der Waals surface area contributed by atoms with E-state index in [1.165, 1.54) is 44.7 Å². The van der Waals surface area contributed by atoms with Crippen LogP contribution in [-0.2, 0) is 24.0 Å². The Morgan fingerprint density at radius 1 is 0.578 bits per heavy atom. The Balaban J connectivity index is 0.992. The van der Waals surface area contributed by atoms with E-state index in [1.807, 2.05) is 48.6 Å². The highest BCUT2D eigenvalue weighted by molar-refractivity contribution is 8.27. The van der Waals surface area contributed by atoms with Crippen LogP contribution in [0, 0.1) is 0 Å². The van der Waals surface area contributed by atoms with Gasteiger partial charge in [0, 0.05) is 66.0 Å². The lowest BCUT2D eigenvalue weighted by Gasteiger charge is -2.26. The number of imide groups is 1. The molecule has 9 rings (SSSR count). The number of anilines is 3. The van der Waals surface area contributed by atoms with Crippen LogP contribution in [0.15, 0.2) is 125 Å². The van der Waals surface area contributed by atoms with Gasteiger partial charge in [0.15, 0.2) is 0 Å². The fourth-order valence-electron chi connectivity index (χ4n) is 7.08. The van der Waals surface area contributed by atoms with Crippen LogP contribution in [0.5, 0.6) is 0 Å². The highest BCUT2D eigenvalue weighted by Crippen LogP contribution is 2.41. The largest absolute Gasteiger partial charge is 0.480 e. The average Bonchev–Trinajstić information content (AvgIpc) is 4.17. The van der Waals surface area contributed by atoms with E-state index in [0.29, 0.717) is 18.5 Å². The second-order valence-corrected chi connectivity index (χ2v) is 21.3. The smallest absolute Gasteiger partial charge is 0.323 e. The Bertz CT molecular complexity index is 2900. The zero-order valence-corrected chi connectivity index (χ0v) is 39.4. The van der Waals surface area contributed by atoms with Crippen molar-refractivity contribution in [3.05, 3.63) is 139 Å². The van der Waals surface area contributed by atoms with Gasteiger partial charge < -0.3 is 10.0 Å². The molecular formula is C47H32N4O6S7. The number of carbonyl (C=O) groups excluding carboxylic acids is 4. The van der Waals surface area contributed by atoms with Crippen molar-refractivity contribution in [1.82, 2.24) is 14.7 Å². The molecule has 0 radical (unpaired) electrons. The van der Waals surface area contributed by atoms with Crippen molar-refractivity contribution in [1.29, 1.82) is 0 Å². The van der Waals surface area contributed by atoms with E-state index in [1.54, 1.807) is 42.8 Å². The van der Waals surface area contributed by atoms with Crippen molar-refractivity contribution in [3.63, 3.8) is 0 Å². The van der Waals surface area contributed by atoms with E-state index in [0.717, 1.165) is 67.9 Å². The number of hydrogen-bond donors (Lipinski definition) is 1. The lowest BCUT2D eigenvalue weighted by molar-refractivity contribution is -0.148. The van der Waals surface area contributed by atoms with Gasteiger partial charge in [-0.25, -0.2) is 0 Å². The topological polar surface area (TPSA) is 119 Å². The predicted octanol–water partition coefficient (Wildman–Crippen LogP) is 11.2. The second-order valence-electron chi connectivity index (χ2n) is 14.6. The number of nitrogens with zero attached hydrogens (tertiary/aromatic N) is 4. The van der Waals surface area contributed by atoms with Gasteiger partial charge in [0.25, 0.3) is 17.7 Å². The lowest BCUT2D eigenvalue weighted by Crippen LogP contribution is -2.34. The number of carbonyl (C=O) groups is 5. The van der Waals surface area contributed by atoms with E-state index in [9.17, 15) is 24.0 Å². The summed E-state index contributed by atoms with van der Waals surface area (Å²) in [5, 5.41) is 9.12. The molecule has 0 spiro atoms. The first kappa shape index (κ1) is 43.5. The van der Waals surface area contributed by atoms with Crippen molar-refractivity contribution in [2.45, 2.75) is 6.42 Å². The van der Waals surface area contributed by atoms with Crippen molar-refractivity contribution < 1.29 is 29.1 Å². The molecule has 0 saturated carbocycles. The first-order chi connectivity index (χ1) is 30.8. The number of carboxylic acids is 1. The van der Waals surface area contributed by atoms with Crippen LogP contribution < -0.4 is 4.90 Å². The third-order valence-electron chi connectivity index (χ3n) is 10.4. The Kier molecular flexibility index (Phi) is 12.2. The van der Waals surface area contributed by atoms with E-state index in [4.69, 9.17) is 29.5 Å². The number of aliphatic carboxylic acids is 1. The fraction of sp³-hybridized carbons (Fsp3) is 0.0851. The first-order valence-corrected chi connectivity index (χ1v) is 24.3. The minimum absolute atomic E-state index is 0.0934. The molecule has 64 heavy (non-hydrogen) atoms. The number of benzene rings is 3. The fourth-order valence-corrected chi connectivity index (χ4v) is 12.5. The number of thiocarbonyl (C=S) groups is 2. The zero-order valence-electron chi connectivity index (χ0n) is 33.7. The normalized spacial score (nSPS) is 17.4. The maximum atomic E-state index is 12.8. The molecule has 10 nitrogen and oxygen atoms in total. The van der Waals surface area contributed by atoms with Gasteiger partial charge in [-0.15, -0.1) is 34.0 Å². The van der Waals surface area contributed by atoms with E-state index < -0.39 is 24.3 Å². The standard InChI is InChI=1S/C47H32N4O6S7/c1-48-44(56)39(63-46(48)58)23-34-16-19-37(61-34)27-5-11-31(12-6-27)51(32-13-7-28(8-14-32)38-20-17-35(62-38)24-40-45(57)49(2)47(59)64-40)30-9-3-26(4-10-30)36-18-15-33(60-36)21-29-22-41(52)50(43(29)55)25-42(53)54/h3-21,23-24H,22,25H2,1-2H3,(H,53,54)/b29-21-,39-23-,40-24+. The van der Waals surface area contributed by atoms with Gasteiger partial charge in [0.1, 0.15) is 15.2 Å². The molecule has 3 fully saturated rings. The summed E-state index contributed by atoms with van der Waals surface area (Å²) in [5.74, 6) is -2.52. The first-order valence-electron chi connectivity index (χ1n) is 19.4. The molecule has 0 aliphatic carbocycles. The van der Waals surface area contributed by atoms with Crippen LogP contribution in [0.4, 0.5) is 17.1 Å². The molecule has 3 saturated heterocycles. The molecule has 3 aromatic carbocycles. The minimum atomic E-state index is -1.24. The average molecular weight is 973 g/mol. The van der Waals surface area contributed by atoms with Crippen LogP contribution in [-0.4, -0.2) is 78.7 Å². The van der Waals surface area contributed by atoms with Crippen LogP contribution >= 0.6 is 82.0 Å². The van der Waals surface area contributed by atoms with E-state index in [2.05, 4.69) is 77.7 Å². The van der Waals surface area contributed by atoms with Crippen LogP contribution in [0.3, 0.4) is 0 Å². The molecule has 0 unspecified atom stereocenters. The summed E-state index contributed by atoms with van der Waals surface area (Å²) in [4.78, 5) is 74.4. The molecule has 3 aliphatic heterocycles. The van der Waals surface area contributed by atoms with Crippen LogP contribution in [0.2, 0.25) is 0 Å². The maximum absolute atomic E-state index is 12.8. The van der Waals surface area contributed by atoms with Crippen LogP contribution in [0.25, 0.3) is 49.5 Å². The van der Waals surface area contributed by atoms with Crippen molar-refractivity contribution in [3.8, 4) is 31.3 Å².